The number of urea groups is 1. The fraction of sp³-hybridized carbons (Fsp3) is 0.812. The summed E-state index contributed by atoms with van der Waals surface area (Å²) in [5, 5.41) is 2.76. The predicted molar refractivity (Wildman–Crippen MR) is 79.8 cm³/mol. The Balaban J connectivity index is 1.98. The van der Waals surface area contributed by atoms with Gasteiger partial charge in [-0.05, 0) is 26.2 Å². The summed E-state index contributed by atoms with van der Waals surface area (Å²) in [6.45, 7) is 3.75. The third kappa shape index (κ3) is 3.44. The molecule has 1 saturated carbocycles. The van der Waals surface area contributed by atoms with E-state index in [4.69, 9.17) is 0 Å². The maximum atomic E-state index is 12.5. The molecule has 5 nitrogen and oxygen atoms in total. The molecule has 1 aliphatic heterocycles. The van der Waals surface area contributed by atoms with Gasteiger partial charge in [-0.2, -0.15) is 0 Å². The number of ketones is 1. The van der Waals surface area contributed by atoms with Crippen LogP contribution in [0.4, 0.5) is 4.79 Å². The molecule has 3 amide bonds. The molecule has 0 aromatic carbocycles. The lowest BCUT2D eigenvalue weighted by molar-refractivity contribution is -0.135. The van der Waals surface area contributed by atoms with E-state index in [2.05, 4.69) is 12.2 Å². The molecule has 0 aromatic rings. The molecule has 1 N–H and O–H groups in total. The van der Waals surface area contributed by atoms with E-state index in [0.29, 0.717) is 6.42 Å². The monoisotopic (exact) mass is 294 g/mol. The summed E-state index contributed by atoms with van der Waals surface area (Å²) in [7, 11) is 0. The van der Waals surface area contributed by atoms with E-state index in [-0.39, 0.29) is 24.2 Å². The van der Waals surface area contributed by atoms with Gasteiger partial charge < -0.3 is 5.32 Å². The highest BCUT2D eigenvalue weighted by Gasteiger charge is 2.47. The first-order valence-electron chi connectivity index (χ1n) is 8.15. The molecule has 2 aliphatic rings. The van der Waals surface area contributed by atoms with E-state index in [1.54, 1.807) is 6.92 Å². The molecule has 21 heavy (non-hydrogen) atoms. The van der Waals surface area contributed by atoms with Gasteiger partial charge in [-0.25, -0.2) is 4.79 Å². The SMILES string of the molecule is CCCCC1(C)NC(=O)N(CC(=O)C2CCCCC2)C1=O. The van der Waals surface area contributed by atoms with Crippen LogP contribution in [0.25, 0.3) is 0 Å². The lowest BCUT2D eigenvalue weighted by Gasteiger charge is -2.23. The lowest BCUT2D eigenvalue weighted by Crippen LogP contribution is -2.44. The summed E-state index contributed by atoms with van der Waals surface area (Å²) in [5.41, 5.74) is -0.833. The van der Waals surface area contributed by atoms with Crippen LogP contribution in [0.2, 0.25) is 0 Å². The molecule has 2 fully saturated rings. The predicted octanol–water partition coefficient (Wildman–Crippen LogP) is 2.64. The molecule has 118 valence electrons. The summed E-state index contributed by atoms with van der Waals surface area (Å²) < 4.78 is 0. The van der Waals surface area contributed by atoms with Crippen molar-refractivity contribution in [2.24, 2.45) is 5.92 Å². The molecule has 0 radical (unpaired) electrons. The van der Waals surface area contributed by atoms with Crippen molar-refractivity contribution in [2.45, 2.75) is 70.8 Å². The van der Waals surface area contributed by atoms with Crippen LogP contribution in [-0.2, 0) is 9.59 Å². The highest BCUT2D eigenvalue weighted by atomic mass is 16.2. The molecule has 1 aliphatic carbocycles. The van der Waals surface area contributed by atoms with E-state index in [1.165, 1.54) is 6.42 Å². The van der Waals surface area contributed by atoms with Gasteiger partial charge in [0, 0.05) is 5.92 Å². The topological polar surface area (TPSA) is 66.5 Å². The van der Waals surface area contributed by atoms with Crippen LogP contribution in [-0.4, -0.2) is 34.7 Å². The van der Waals surface area contributed by atoms with Crippen molar-refractivity contribution >= 4 is 17.7 Å². The number of unbranched alkanes of at least 4 members (excludes halogenated alkanes) is 1. The number of imide groups is 1. The number of nitrogens with one attached hydrogen (secondary N) is 1. The second-order valence-corrected chi connectivity index (χ2v) is 6.56. The van der Waals surface area contributed by atoms with Crippen LogP contribution in [0.1, 0.15) is 65.2 Å². The van der Waals surface area contributed by atoms with Gasteiger partial charge in [-0.3, -0.25) is 14.5 Å². The molecule has 1 unspecified atom stereocenters. The van der Waals surface area contributed by atoms with Gasteiger partial charge >= 0.3 is 6.03 Å². The molecule has 1 heterocycles. The highest BCUT2D eigenvalue weighted by Crippen LogP contribution is 2.27. The van der Waals surface area contributed by atoms with Crippen molar-refractivity contribution in [1.29, 1.82) is 0 Å². The molecule has 0 aromatic heterocycles. The molecule has 0 bridgehead atoms. The summed E-state index contributed by atoms with van der Waals surface area (Å²) in [6, 6.07) is -0.414. The van der Waals surface area contributed by atoms with E-state index in [1.807, 2.05) is 0 Å². The minimum atomic E-state index is -0.833. The maximum absolute atomic E-state index is 12.5. The summed E-state index contributed by atoms with van der Waals surface area (Å²) in [6.07, 6.45) is 7.61. The Labute approximate surface area is 126 Å². The summed E-state index contributed by atoms with van der Waals surface area (Å²) >= 11 is 0. The molecular weight excluding hydrogens is 268 g/mol. The van der Waals surface area contributed by atoms with Gasteiger partial charge in [0.25, 0.3) is 5.91 Å². The van der Waals surface area contributed by atoms with Crippen molar-refractivity contribution < 1.29 is 14.4 Å². The van der Waals surface area contributed by atoms with Crippen molar-refractivity contribution in [3.05, 3.63) is 0 Å². The van der Waals surface area contributed by atoms with Crippen LogP contribution in [0.3, 0.4) is 0 Å². The summed E-state index contributed by atoms with van der Waals surface area (Å²) in [5.74, 6) is -0.176. The third-order valence-electron chi connectivity index (χ3n) is 4.75. The van der Waals surface area contributed by atoms with E-state index in [9.17, 15) is 14.4 Å². The lowest BCUT2D eigenvalue weighted by atomic mass is 9.86. The Bertz CT molecular complexity index is 429. The van der Waals surface area contributed by atoms with Gasteiger partial charge in [0.05, 0.1) is 6.54 Å². The van der Waals surface area contributed by atoms with E-state index in [0.717, 1.165) is 43.4 Å². The molecule has 1 atom stereocenters. The average Bonchev–Trinajstić information content (AvgIpc) is 2.70. The first-order chi connectivity index (χ1) is 9.98. The van der Waals surface area contributed by atoms with Gasteiger partial charge in [-0.15, -0.1) is 0 Å². The smallest absolute Gasteiger partial charge is 0.323 e. The second-order valence-electron chi connectivity index (χ2n) is 6.56. The van der Waals surface area contributed by atoms with Crippen LogP contribution in [0, 0.1) is 5.92 Å². The van der Waals surface area contributed by atoms with Crippen LogP contribution < -0.4 is 5.32 Å². The Morgan fingerprint density at radius 2 is 1.95 bits per heavy atom. The van der Waals surface area contributed by atoms with Crippen molar-refractivity contribution in [3.8, 4) is 0 Å². The molecule has 2 rings (SSSR count). The third-order valence-corrected chi connectivity index (χ3v) is 4.75. The Morgan fingerprint density at radius 3 is 2.57 bits per heavy atom. The van der Waals surface area contributed by atoms with Crippen LogP contribution >= 0.6 is 0 Å². The van der Waals surface area contributed by atoms with Crippen LogP contribution in [0.5, 0.6) is 0 Å². The largest absolute Gasteiger partial charge is 0.325 e. The second kappa shape index (κ2) is 6.58. The van der Waals surface area contributed by atoms with Crippen LogP contribution in [0.15, 0.2) is 0 Å². The van der Waals surface area contributed by atoms with Gasteiger partial charge in [0.15, 0.2) is 5.78 Å². The number of Topliss-reactive ketones (excluding diaryl/α,β-unsaturated/α-hetero) is 1. The quantitative estimate of drug-likeness (QED) is 0.766. The van der Waals surface area contributed by atoms with Crippen molar-refractivity contribution in [1.82, 2.24) is 10.2 Å². The maximum Gasteiger partial charge on any atom is 0.325 e. The van der Waals surface area contributed by atoms with Crippen molar-refractivity contribution in [3.63, 3.8) is 0 Å². The highest BCUT2D eigenvalue weighted by molar-refractivity contribution is 6.09. The van der Waals surface area contributed by atoms with Gasteiger partial charge in [0.2, 0.25) is 0 Å². The number of amides is 3. The number of rotatable bonds is 6. The van der Waals surface area contributed by atoms with Gasteiger partial charge in [-0.1, -0.05) is 39.0 Å². The zero-order valence-electron chi connectivity index (χ0n) is 13.1. The molecule has 1 saturated heterocycles. The normalized spacial score (nSPS) is 27.0. The number of nitrogens with zero attached hydrogens (tertiary/aromatic N) is 1. The first-order valence-corrected chi connectivity index (χ1v) is 8.15. The zero-order chi connectivity index (χ0) is 15.5. The van der Waals surface area contributed by atoms with E-state index >= 15 is 0 Å². The molecular formula is C16H26N2O3. The minimum Gasteiger partial charge on any atom is -0.323 e. The number of carbonyl (C=O) groups is 3. The standard InChI is InChI=1S/C16H26N2O3/c1-3-4-10-16(2)14(20)18(15(21)17-16)11-13(19)12-8-6-5-7-9-12/h12H,3-11H2,1-2H3,(H,17,21). The Morgan fingerprint density at radius 1 is 1.29 bits per heavy atom. The van der Waals surface area contributed by atoms with Crippen molar-refractivity contribution in [2.75, 3.05) is 6.54 Å². The number of carbonyl (C=O) groups excluding carboxylic acids is 3. The fourth-order valence-electron chi connectivity index (χ4n) is 3.30. The average molecular weight is 294 g/mol. The zero-order valence-corrected chi connectivity index (χ0v) is 13.1. The molecule has 5 heteroatoms. The summed E-state index contributed by atoms with van der Waals surface area (Å²) in [4.78, 5) is 37.9. The Kier molecular flexibility index (Phi) is 5.01. The van der Waals surface area contributed by atoms with E-state index < -0.39 is 11.6 Å². The first kappa shape index (κ1) is 16.0. The number of hydrogen-bond acceptors (Lipinski definition) is 3. The van der Waals surface area contributed by atoms with Gasteiger partial charge in [0.1, 0.15) is 5.54 Å². The molecule has 0 spiro atoms. The minimum absolute atomic E-state index is 0.0295. The number of hydrogen-bond donors (Lipinski definition) is 1. The Hall–Kier alpha value is -1.39. The fourth-order valence-corrected chi connectivity index (χ4v) is 3.30.